The summed E-state index contributed by atoms with van der Waals surface area (Å²) in [4.78, 5) is 36.4. The molecule has 2 aromatic rings. The van der Waals surface area contributed by atoms with Crippen LogP contribution in [0.5, 0.6) is 11.5 Å². The predicted molar refractivity (Wildman–Crippen MR) is 112 cm³/mol. The number of carbonyl (C=O) groups excluding carboxylic acids is 3. The normalized spacial score (nSPS) is 13.7. The molecule has 2 N–H and O–H groups in total. The van der Waals surface area contributed by atoms with Gasteiger partial charge in [0.05, 0.1) is 14.2 Å². The molecule has 0 spiro atoms. The highest BCUT2D eigenvalue weighted by molar-refractivity contribution is 7.18. The van der Waals surface area contributed by atoms with Crippen molar-refractivity contribution in [1.82, 2.24) is 0 Å². The minimum Gasteiger partial charge on any atom is -0.483 e. The molecular weight excluding hydrogens is 426 g/mol. The van der Waals surface area contributed by atoms with Crippen molar-refractivity contribution in [3.8, 4) is 11.5 Å². The molecule has 1 aliphatic rings. The summed E-state index contributed by atoms with van der Waals surface area (Å²) >= 11 is 0.856. The quantitative estimate of drug-likeness (QED) is 0.502. The standard InChI is InChI=1S/C21H23NO8S/c1-21(2)8-11-6-5-7-13(16(11)30-21)28-10-14(23)29-9-12-15(19(24)26-3)18(22)31-17(12)20(25)27-4/h5-7H,8-10,22H2,1-4H3. The van der Waals surface area contributed by atoms with Crippen LogP contribution in [0.1, 0.15) is 45.0 Å². The third kappa shape index (κ3) is 4.74. The molecule has 166 valence electrons. The summed E-state index contributed by atoms with van der Waals surface area (Å²) in [6.45, 7) is 3.17. The molecule has 1 aromatic carbocycles. The number of benzene rings is 1. The highest BCUT2D eigenvalue weighted by atomic mass is 32.1. The number of nitrogens with two attached hydrogens (primary N) is 1. The third-order valence-corrected chi connectivity index (χ3v) is 5.61. The van der Waals surface area contributed by atoms with Crippen LogP contribution >= 0.6 is 11.3 Å². The molecule has 1 aliphatic heterocycles. The number of methoxy groups -OCH3 is 2. The lowest BCUT2D eigenvalue weighted by Gasteiger charge is -2.18. The van der Waals surface area contributed by atoms with Gasteiger partial charge in [0.15, 0.2) is 18.1 Å². The van der Waals surface area contributed by atoms with Crippen molar-refractivity contribution in [2.45, 2.75) is 32.5 Å². The molecule has 0 aliphatic carbocycles. The lowest BCUT2D eigenvalue weighted by molar-refractivity contribution is -0.147. The number of nitrogen functional groups attached to an aromatic ring is 1. The zero-order chi connectivity index (χ0) is 22.8. The highest BCUT2D eigenvalue weighted by Gasteiger charge is 2.32. The van der Waals surface area contributed by atoms with E-state index in [1.54, 1.807) is 6.07 Å². The second kappa shape index (κ2) is 8.84. The maximum absolute atomic E-state index is 12.3. The lowest BCUT2D eigenvalue weighted by Crippen LogP contribution is -2.24. The van der Waals surface area contributed by atoms with Gasteiger partial charge < -0.3 is 29.4 Å². The Labute approximate surface area is 183 Å². The van der Waals surface area contributed by atoms with Crippen LogP contribution in [0.15, 0.2) is 18.2 Å². The molecule has 0 unspecified atom stereocenters. The van der Waals surface area contributed by atoms with Crippen LogP contribution in [0, 0.1) is 0 Å². The van der Waals surface area contributed by atoms with E-state index in [0.717, 1.165) is 23.3 Å². The van der Waals surface area contributed by atoms with E-state index >= 15 is 0 Å². The van der Waals surface area contributed by atoms with Gasteiger partial charge in [0.25, 0.3) is 0 Å². The minimum absolute atomic E-state index is 0.0295. The Morgan fingerprint density at radius 3 is 2.55 bits per heavy atom. The number of hydrogen-bond acceptors (Lipinski definition) is 10. The van der Waals surface area contributed by atoms with Gasteiger partial charge in [-0.15, -0.1) is 11.3 Å². The molecule has 10 heteroatoms. The topological polar surface area (TPSA) is 123 Å². The first-order chi connectivity index (χ1) is 14.7. The summed E-state index contributed by atoms with van der Waals surface area (Å²) in [5.41, 5.74) is 6.60. The van der Waals surface area contributed by atoms with Gasteiger partial charge >= 0.3 is 17.9 Å². The molecule has 2 heterocycles. The Morgan fingerprint density at radius 1 is 1.16 bits per heavy atom. The van der Waals surface area contributed by atoms with E-state index in [-0.39, 0.29) is 39.8 Å². The third-order valence-electron chi connectivity index (χ3n) is 4.57. The number of para-hydroxylation sites is 1. The summed E-state index contributed by atoms with van der Waals surface area (Å²) in [5, 5.41) is 0.0640. The number of carbonyl (C=O) groups is 3. The fourth-order valence-corrected chi connectivity index (χ4v) is 4.22. The largest absolute Gasteiger partial charge is 0.483 e. The smallest absolute Gasteiger partial charge is 0.348 e. The van der Waals surface area contributed by atoms with E-state index in [1.807, 2.05) is 26.0 Å². The van der Waals surface area contributed by atoms with Crippen LogP contribution in [0.4, 0.5) is 5.00 Å². The first-order valence-electron chi connectivity index (χ1n) is 9.34. The molecule has 0 fully saturated rings. The summed E-state index contributed by atoms with van der Waals surface area (Å²) in [7, 11) is 2.38. The maximum atomic E-state index is 12.3. The summed E-state index contributed by atoms with van der Waals surface area (Å²) < 4.78 is 26.1. The molecular formula is C21H23NO8S. The van der Waals surface area contributed by atoms with Crippen molar-refractivity contribution in [2.24, 2.45) is 0 Å². The van der Waals surface area contributed by atoms with Gasteiger partial charge in [-0.1, -0.05) is 12.1 Å². The lowest BCUT2D eigenvalue weighted by atomic mass is 10.0. The second-order valence-corrected chi connectivity index (χ2v) is 8.42. The van der Waals surface area contributed by atoms with Gasteiger partial charge in [-0.2, -0.15) is 0 Å². The van der Waals surface area contributed by atoms with Crippen LogP contribution in [0.3, 0.4) is 0 Å². The molecule has 0 saturated carbocycles. The van der Waals surface area contributed by atoms with Crippen molar-refractivity contribution >= 4 is 34.2 Å². The van der Waals surface area contributed by atoms with Crippen molar-refractivity contribution in [2.75, 3.05) is 26.6 Å². The van der Waals surface area contributed by atoms with Crippen molar-refractivity contribution in [1.29, 1.82) is 0 Å². The van der Waals surface area contributed by atoms with Crippen LogP contribution in [0.2, 0.25) is 0 Å². The Bertz CT molecular complexity index is 1030. The van der Waals surface area contributed by atoms with E-state index in [1.165, 1.54) is 14.2 Å². The van der Waals surface area contributed by atoms with Gasteiger partial charge in [-0.3, -0.25) is 0 Å². The molecule has 9 nitrogen and oxygen atoms in total. The fourth-order valence-electron chi connectivity index (χ4n) is 3.24. The number of anilines is 1. The van der Waals surface area contributed by atoms with Crippen LogP contribution in [-0.2, 0) is 32.0 Å². The predicted octanol–water partition coefficient (Wildman–Crippen LogP) is 2.74. The SMILES string of the molecule is COC(=O)c1sc(N)c(C(=O)OC)c1COC(=O)COc1cccc2c1OC(C)(C)C2. The number of esters is 3. The van der Waals surface area contributed by atoms with E-state index in [2.05, 4.69) is 0 Å². The van der Waals surface area contributed by atoms with Crippen LogP contribution in [0.25, 0.3) is 0 Å². The summed E-state index contributed by atoms with van der Waals surface area (Å²) in [5.74, 6) is -1.11. The van der Waals surface area contributed by atoms with E-state index in [9.17, 15) is 14.4 Å². The summed E-state index contributed by atoms with van der Waals surface area (Å²) in [6, 6.07) is 5.47. The molecule has 0 radical (unpaired) electrons. The number of rotatable bonds is 7. The first-order valence-corrected chi connectivity index (χ1v) is 10.2. The van der Waals surface area contributed by atoms with E-state index in [0.29, 0.717) is 11.5 Å². The summed E-state index contributed by atoms with van der Waals surface area (Å²) in [6.07, 6.45) is 0.732. The van der Waals surface area contributed by atoms with Crippen LogP contribution < -0.4 is 15.2 Å². The Morgan fingerprint density at radius 2 is 1.87 bits per heavy atom. The molecule has 0 saturated heterocycles. The zero-order valence-corrected chi connectivity index (χ0v) is 18.4. The van der Waals surface area contributed by atoms with Gasteiger partial charge in [0, 0.05) is 17.5 Å². The molecule has 0 bridgehead atoms. The number of hydrogen-bond donors (Lipinski definition) is 1. The number of ether oxygens (including phenoxy) is 5. The molecule has 3 rings (SSSR count). The van der Waals surface area contributed by atoms with E-state index < -0.39 is 17.9 Å². The molecule has 0 atom stereocenters. The molecule has 0 amide bonds. The van der Waals surface area contributed by atoms with Gasteiger partial charge in [0.1, 0.15) is 27.6 Å². The maximum Gasteiger partial charge on any atom is 0.348 e. The van der Waals surface area contributed by atoms with Crippen molar-refractivity contribution < 1.29 is 38.1 Å². The minimum atomic E-state index is -0.745. The molecule has 1 aromatic heterocycles. The number of thiophene rings is 1. The first kappa shape index (κ1) is 22.4. The van der Waals surface area contributed by atoms with Gasteiger partial charge in [0.2, 0.25) is 0 Å². The Hall–Kier alpha value is -3.27. The van der Waals surface area contributed by atoms with E-state index in [4.69, 9.17) is 29.4 Å². The van der Waals surface area contributed by atoms with Crippen molar-refractivity contribution in [3.63, 3.8) is 0 Å². The fraction of sp³-hybridized carbons (Fsp3) is 0.381. The van der Waals surface area contributed by atoms with Crippen molar-refractivity contribution in [3.05, 3.63) is 39.8 Å². The van der Waals surface area contributed by atoms with Gasteiger partial charge in [-0.05, 0) is 19.9 Å². The molecule has 31 heavy (non-hydrogen) atoms. The highest BCUT2D eigenvalue weighted by Crippen LogP contribution is 2.41. The number of fused-ring (bicyclic) bond motifs is 1. The second-order valence-electron chi connectivity index (χ2n) is 7.36. The Balaban J connectivity index is 1.69. The zero-order valence-electron chi connectivity index (χ0n) is 17.6. The average Bonchev–Trinajstić information content (AvgIpc) is 3.24. The Kier molecular flexibility index (Phi) is 6.40. The monoisotopic (exact) mass is 449 g/mol. The van der Waals surface area contributed by atoms with Gasteiger partial charge in [-0.25, -0.2) is 14.4 Å². The van der Waals surface area contributed by atoms with Crippen LogP contribution in [-0.4, -0.2) is 44.3 Å². The average molecular weight is 449 g/mol.